The first-order chi connectivity index (χ1) is 6.40. The minimum Gasteiger partial charge on any atom is -0.256 e. The van der Waals surface area contributed by atoms with Crippen LogP contribution in [0.3, 0.4) is 0 Å². The van der Waals surface area contributed by atoms with Crippen molar-refractivity contribution in [3.05, 3.63) is 40.7 Å². The van der Waals surface area contributed by atoms with Crippen molar-refractivity contribution in [2.75, 3.05) is 0 Å². The molecule has 0 aliphatic rings. The van der Waals surface area contributed by atoms with Gasteiger partial charge in [-0.05, 0) is 29.1 Å². The summed E-state index contributed by atoms with van der Waals surface area (Å²) in [6, 6.07) is 6.02. The maximum Gasteiger partial charge on any atom is 0.0713 e. The summed E-state index contributed by atoms with van der Waals surface area (Å²) in [6.45, 7) is 0. The quantitative estimate of drug-likeness (QED) is 0.690. The third-order valence-corrected chi connectivity index (χ3v) is 2.79. The van der Waals surface area contributed by atoms with Gasteiger partial charge in [-0.3, -0.25) is 4.98 Å². The van der Waals surface area contributed by atoms with Gasteiger partial charge in [0, 0.05) is 23.0 Å². The molecule has 66 valence electrons. The van der Waals surface area contributed by atoms with Crippen LogP contribution in [0.15, 0.2) is 35.2 Å². The van der Waals surface area contributed by atoms with E-state index in [9.17, 15) is 0 Å². The standard InChI is InChI=1S/C10H8ClNS/c11-6-8-1-3-12-10(5-8)9-2-4-13-7-9/h1-5,7H,6H2. The molecule has 0 fully saturated rings. The van der Waals surface area contributed by atoms with Crippen LogP contribution in [-0.4, -0.2) is 4.98 Å². The van der Waals surface area contributed by atoms with Gasteiger partial charge in [-0.2, -0.15) is 11.3 Å². The zero-order chi connectivity index (χ0) is 9.10. The molecule has 0 radical (unpaired) electrons. The molecule has 0 atom stereocenters. The third kappa shape index (κ3) is 1.90. The number of hydrogen-bond acceptors (Lipinski definition) is 2. The third-order valence-electron chi connectivity index (χ3n) is 1.80. The van der Waals surface area contributed by atoms with Gasteiger partial charge in [-0.1, -0.05) is 0 Å². The highest BCUT2D eigenvalue weighted by molar-refractivity contribution is 7.08. The molecule has 0 aliphatic carbocycles. The second-order valence-corrected chi connectivity index (χ2v) is 3.74. The summed E-state index contributed by atoms with van der Waals surface area (Å²) >= 11 is 7.41. The Hall–Kier alpha value is -0.860. The number of aromatic nitrogens is 1. The largest absolute Gasteiger partial charge is 0.256 e. The Kier molecular flexibility index (Phi) is 2.62. The van der Waals surface area contributed by atoms with Crippen molar-refractivity contribution < 1.29 is 0 Å². The minimum atomic E-state index is 0.541. The van der Waals surface area contributed by atoms with E-state index < -0.39 is 0 Å². The summed E-state index contributed by atoms with van der Waals surface area (Å²) in [5.41, 5.74) is 3.27. The topological polar surface area (TPSA) is 12.9 Å². The van der Waals surface area contributed by atoms with Gasteiger partial charge in [0.1, 0.15) is 0 Å². The number of halogens is 1. The number of hydrogen-bond donors (Lipinski definition) is 0. The van der Waals surface area contributed by atoms with Gasteiger partial charge in [0.15, 0.2) is 0 Å². The molecule has 0 saturated carbocycles. The Morgan fingerprint density at radius 3 is 3.00 bits per heavy atom. The SMILES string of the molecule is ClCc1ccnc(-c2ccsc2)c1. The molecule has 0 N–H and O–H groups in total. The van der Waals surface area contributed by atoms with Crippen LogP contribution < -0.4 is 0 Å². The van der Waals surface area contributed by atoms with E-state index in [1.54, 1.807) is 17.5 Å². The fourth-order valence-corrected chi connectivity index (χ4v) is 1.94. The molecule has 0 spiro atoms. The Labute approximate surface area is 86.0 Å². The first kappa shape index (κ1) is 8.73. The van der Waals surface area contributed by atoms with E-state index in [0.29, 0.717) is 5.88 Å². The lowest BCUT2D eigenvalue weighted by molar-refractivity contribution is 1.27. The lowest BCUT2D eigenvalue weighted by Gasteiger charge is -1.98. The zero-order valence-corrected chi connectivity index (χ0v) is 8.48. The van der Waals surface area contributed by atoms with Crippen molar-refractivity contribution in [3.8, 4) is 11.3 Å². The summed E-state index contributed by atoms with van der Waals surface area (Å²) in [5, 5.41) is 4.13. The van der Waals surface area contributed by atoms with Crippen LogP contribution >= 0.6 is 22.9 Å². The van der Waals surface area contributed by atoms with E-state index >= 15 is 0 Å². The lowest BCUT2D eigenvalue weighted by Crippen LogP contribution is -1.83. The van der Waals surface area contributed by atoms with Gasteiger partial charge in [-0.25, -0.2) is 0 Å². The average Bonchev–Trinajstić information content (AvgIpc) is 2.71. The van der Waals surface area contributed by atoms with Crippen molar-refractivity contribution in [2.45, 2.75) is 5.88 Å². The molecular formula is C10H8ClNS. The van der Waals surface area contributed by atoms with Crippen LogP contribution in [0, 0.1) is 0 Å². The van der Waals surface area contributed by atoms with Crippen molar-refractivity contribution in [3.63, 3.8) is 0 Å². The molecule has 13 heavy (non-hydrogen) atoms. The van der Waals surface area contributed by atoms with E-state index in [0.717, 1.165) is 16.8 Å². The van der Waals surface area contributed by atoms with Crippen molar-refractivity contribution in [2.24, 2.45) is 0 Å². The molecule has 0 saturated heterocycles. The van der Waals surface area contributed by atoms with Crippen molar-refractivity contribution >= 4 is 22.9 Å². The van der Waals surface area contributed by atoms with Crippen LogP contribution in [0.1, 0.15) is 5.56 Å². The highest BCUT2D eigenvalue weighted by Crippen LogP contribution is 2.20. The number of thiophene rings is 1. The zero-order valence-electron chi connectivity index (χ0n) is 6.90. The highest BCUT2D eigenvalue weighted by Gasteiger charge is 1.99. The number of rotatable bonds is 2. The first-order valence-corrected chi connectivity index (χ1v) is 5.41. The van der Waals surface area contributed by atoms with Crippen LogP contribution in [0.4, 0.5) is 0 Å². The number of alkyl halides is 1. The van der Waals surface area contributed by atoms with E-state index in [2.05, 4.69) is 16.4 Å². The van der Waals surface area contributed by atoms with E-state index in [1.807, 2.05) is 17.5 Å². The number of nitrogens with zero attached hydrogens (tertiary/aromatic N) is 1. The maximum absolute atomic E-state index is 5.74. The fraction of sp³-hybridized carbons (Fsp3) is 0.100. The molecule has 0 amide bonds. The Bertz CT molecular complexity index is 384. The fourth-order valence-electron chi connectivity index (χ4n) is 1.13. The van der Waals surface area contributed by atoms with Gasteiger partial charge >= 0.3 is 0 Å². The highest BCUT2D eigenvalue weighted by atomic mass is 35.5. The molecule has 0 aliphatic heterocycles. The molecule has 2 heterocycles. The van der Waals surface area contributed by atoms with E-state index in [-0.39, 0.29) is 0 Å². The molecule has 2 aromatic heterocycles. The lowest BCUT2D eigenvalue weighted by atomic mass is 10.2. The smallest absolute Gasteiger partial charge is 0.0713 e. The molecule has 3 heteroatoms. The summed E-state index contributed by atoms with van der Waals surface area (Å²) < 4.78 is 0. The minimum absolute atomic E-state index is 0.541. The summed E-state index contributed by atoms with van der Waals surface area (Å²) in [4.78, 5) is 4.28. The predicted octanol–water partition coefficient (Wildman–Crippen LogP) is 3.55. The molecule has 2 aromatic rings. The molecule has 0 bridgehead atoms. The van der Waals surface area contributed by atoms with Gasteiger partial charge < -0.3 is 0 Å². The second-order valence-electron chi connectivity index (χ2n) is 2.69. The van der Waals surface area contributed by atoms with Crippen LogP contribution in [0.25, 0.3) is 11.3 Å². The van der Waals surface area contributed by atoms with Gasteiger partial charge in [0.25, 0.3) is 0 Å². The van der Waals surface area contributed by atoms with Crippen molar-refractivity contribution in [1.82, 2.24) is 4.98 Å². The molecular weight excluding hydrogens is 202 g/mol. The van der Waals surface area contributed by atoms with E-state index in [4.69, 9.17) is 11.6 Å². The van der Waals surface area contributed by atoms with Crippen molar-refractivity contribution in [1.29, 1.82) is 0 Å². The first-order valence-electron chi connectivity index (χ1n) is 3.93. The van der Waals surface area contributed by atoms with Gasteiger partial charge in [-0.15, -0.1) is 11.6 Å². The van der Waals surface area contributed by atoms with Gasteiger partial charge in [0.2, 0.25) is 0 Å². The second kappa shape index (κ2) is 3.90. The monoisotopic (exact) mass is 209 g/mol. The summed E-state index contributed by atoms with van der Waals surface area (Å²) in [6.07, 6.45) is 1.80. The Morgan fingerprint density at radius 2 is 2.31 bits per heavy atom. The van der Waals surface area contributed by atoms with E-state index in [1.165, 1.54) is 0 Å². The summed E-state index contributed by atoms with van der Waals surface area (Å²) in [7, 11) is 0. The summed E-state index contributed by atoms with van der Waals surface area (Å²) in [5.74, 6) is 0.541. The number of pyridine rings is 1. The Balaban J connectivity index is 2.41. The molecule has 2 rings (SSSR count). The Morgan fingerprint density at radius 1 is 1.38 bits per heavy atom. The maximum atomic E-state index is 5.74. The normalized spacial score (nSPS) is 10.2. The van der Waals surface area contributed by atoms with Crippen LogP contribution in [0.5, 0.6) is 0 Å². The van der Waals surface area contributed by atoms with Crippen LogP contribution in [-0.2, 0) is 5.88 Å². The van der Waals surface area contributed by atoms with Gasteiger partial charge in [0.05, 0.1) is 5.69 Å². The molecule has 0 unspecified atom stereocenters. The molecule has 0 aromatic carbocycles. The predicted molar refractivity (Wildman–Crippen MR) is 57.1 cm³/mol. The average molecular weight is 210 g/mol. The van der Waals surface area contributed by atoms with Crippen LogP contribution in [0.2, 0.25) is 0 Å². The molecule has 1 nitrogen and oxygen atoms in total.